The van der Waals surface area contributed by atoms with Crippen molar-refractivity contribution in [2.24, 2.45) is 10.1 Å². The van der Waals surface area contributed by atoms with Crippen molar-refractivity contribution < 1.29 is 9.53 Å². The molecule has 1 fully saturated rings. The number of ether oxygens (including phenoxy) is 1. The van der Waals surface area contributed by atoms with E-state index in [-0.39, 0.29) is 12.5 Å². The molecule has 4 rings (SSSR count). The van der Waals surface area contributed by atoms with Crippen molar-refractivity contribution >= 4 is 28.6 Å². The minimum Gasteiger partial charge on any atom is -0.482 e. The first kappa shape index (κ1) is 20.6. The molecule has 2 heterocycles. The molecule has 158 valence electrons. The second-order valence-corrected chi connectivity index (χ2v) is 8.81. The van der Waals surface area contributed by atoms with Crippen molar-refractivity contribution in [1.29, 1.82) is 0 Å². The van der Waals surface area contributed by atoms with Crippen LogP contribution in [0, 0.1) is 0 Å². The van der Waals surface area contributed by atoms with Gasteiger partial charge in [-0.05, 0) is 50.8 Å². The second kappa shape index (κ2) is 9.43. The smallest absolute Gasteiger partial charge is 0.262 e. The number of nitrogens with one attached hydrogen (secondary N) is 1. The summed E-state index contributed by atoms with van der Waals surface area (Å²) in [6.07, 6.45) is 8.34. The van der Waals surface area contributed by atoms with Gasteiger partial charge in [-0.1, -0.05) is 31.4 Å². The molecule has 1 saturated carbocycles. The van der Waals surface area contributed by atoms with Gasteiger partial charge in [-0.2, -0.15) is 5.10 Å². The minimum atomic E-state index is -0.134. The largest absolute Gasteiger partial charge is 0.482 e. The monoisotopic (exact) mass is 424 g/mol. The highest BCUT2D eigenvalue weighted by molar-refractivity contribution is 7.07. The number of rotatable bonds is 4. The average Bonchev–Trinajstić information content (AvgIpc) is 3.10. The van der Waals surface area contributed by atoms with Gasteiger partial charge in [0.1, 0.15) is 5.75 Å². The van der Waals surface area contributed by atoms with E-state index in [0.717, 1.165) is 34.5 Å². The molecule has 0 atom stereocenters. The van der Waals surface area contributed by atoms with Gasteiger partial charge >= 0.3 is 0 Å². The van der Waals surface area contributed by atoms with Gasteiger partial charge in [0.15, 0.2) is 6.61 Å². The Hall–Kier alpha value is -2.67. The third-order valence-corrected chi connectivity index (χ3v) is 6.10. The van der Waals surface area contributed by atoms with Gasteiger partial charge in [0.05, 0.1) is 17.9 Å². The van der Waals surface area contributed by atoms with Crippen LogP contribution < -0.4 is 14.9 Å². The standard InChI is InChI=1S/C23H28N4O2S/c1-16(2)13-24-23-27(26-18-8-6-4-3-5-7-9-18)20(15-30-23)17-10-11-21-19(12-17)25-22(28)14-29-21/h10-12,15H,1,3-9,13-14H2,2H3,(H,25,28). The summed E-state index contributed by atoms with van der Waals surface area (Å²) < 4.78 is 7.47. The fourth-order valence-electron chi connectivity index (χ4n) is 3.70. The van der Waals surface area contributed by atoms with Crippen LogP contribution in [0.15, 0.2) is 45.8 Å². The molecule has 0 bridgehead atoms. The molecule has 0 radical (unpaired) electrons. The highest BCUT2D eigenvalue weighted by Crippen LogP contribution is 2.33. The molecule has 7 heteroatoms. The van der Waals surface area contributed by atoms with Crippen LogP contribution in [0.1, 0.15) is 51.9 Å². The van der Waals surface area contributed by atoms with Crippen molar-refractivity contribution in [3.63, 3.8) is 0 Å². The Morgan fingerprint density at radius 3 is 2.77 bits per heavy atom. The number of hydrogen-bond donors (Lipinski definition) is 1. The molecular formula is C23H28N4O2S. The fourth-order valence-corrected chi connectivity index (χ4v) is 4.53. The summed E-state index contributed by atoms with van der Waals surface area (Å²) >= 11 is 1.58. The maximum absolute atomic E-state index is 11.7. The van der Waals surface area contributed by atoms with Crippen LogP contribution in [-0.4, -0.2) is 29.4 Å². The molecule has 0 unspecified atom stereocenters. The lowest BCUT2D eigenvalue weighted by Gasteiger charge is -2.18. The van der Waals surface area contributed by atoms with E-state index in [1.54, 1.807) is 11.3 Å². The summed E-state index contributed by atoms with van der Waals surface area (Å²) in [4.78, 5) is 17.3. The maximum atomic E-state index is 11.7. The molecule has 0 spiro atoms. The Bertz CT molecular complexity index is 1040. The van der Waals surface area contributed by atoms with E-state index in [4.69, 9.17) is 14.8 Å². The Morgan fingerprint density at radius 2 is 2.00 bits per heavy atom. The number of nitrogens with zero attached hydrogens (tertiary/aromatic N) is 3. The number of anilines is 1. The number of carbonyl (C=O) groups is 1. The molecule has 0 saturated heterocycles. The maximum Gasteiger partial charge on any atom is 0.262 e. The van der Waals surface area contributed by atoms with E-state index < -0.39 is 0 Å². The van der Waals surface area contributed by atoms with Crippen molar-refractivity contribution in [3.05, 3.63) is 40.5 Å². The van der Waals surface area contributed by atoms with Crippen molar-refractivity contribution in [2.45, 2.75) is 51.9 Å². The fraction of sp³-hybridized carbons (Fsp3) is 0.435. The van der Waals surface area contributed by atoms with Crippen LogP contribution in [0.5, 0.6) is 5.75 Å². The number of hydrogen-bond acceptors (Lipinski definition) is 5. The Labute approximate surface area is 181 Å². The third-order valence-electron chi connectivity index (χ3n) is 5.25. The number of amides is 1. The topological polar surface area (TPSA) is 68.0 Å². The van der Waals surface area contributed by atoms with Crippen molar-refractivity contribution in [3.8, 4) is 17.0 Å². The molecule has 6 nitrogen and oxygen atoms in total. The van der Waals surface area contributed by atoms with E-state index >= 15 is 0 Å². The molecule has 2 aromatic rings. The molecule has 1 aliphatic carbocycles. The van der Waals surface area contributed by atoms with Crippen molar-refractivity contribution in [1.82, 2.24) is 4.68 Å². The van der Waals surface area contributed by atoms with Gasteiger partial charge in [-0.15, -0.1) is 11.3 Å². The SMILES string of the molecule is C=C(C)CN=c1scc(-c2ccc3c(c2)NC(=O)CO3)n1N=C1CCCCCCC1. The molecule has 1 amide bonds. The summed E-state index contributed by atoms with van der Waals surface area (Å²) in [5.41, 5.74) is 4.89. The molecule has 1 aromatic heterocycles. The summed E-state index contributed by atoms with van der Waals surface area (Å²) in [6, 6.07) is 5.86. The number of carbonyl (C=O) groups excluding carboxylic acids is 1. The van der Waals surface area contributed by atoms with Crippen LogP contribution in [0.4, 0.5) is 5.69 Å². The van der Waals surface area contributed by atoms with E-state index in [9.17, 15) is 4.79 Å². The van der Waals surface area contributed by atoms with Crippen LogP contribution in [0.3, 0.4) is 0 Å². The number of aromatic nitrogens is 1. The molecule has 1 aromatic carbocycles. The number of benzene rings is 1. The van der Waals surface area contributed by atoms with Crippen LogP contribution in [-0.2, 0) is 4.79 Å². The predicted octanol–water partition coefficient (Wildman–Crippen LogP) is 4.97. The van der Waals surface area contributed by atoms with Gasteiger partial charge < -0.3 is 10.1 Å². The van der Waals surface area contributed by atoms with Crippen LogP contribution in [0.2, 0.25) is 0 Å². The predicted molar refractivity (Wildman–Crippen MR) is 122 cm³/mol. The summed E-state index contributed by atoms with van der Waals surface area (Å²) in [5, 5.41) is 10.0. The van der Waals surface area contributed by atoms with Crippen LogP contribution >= 0.6 is 11.3 Å². The van der Waals surface area contributed by atoms with E-state index in [0.29, 0.717) is 18.0 Å². The van der Waals surface area contributed by atoms with Crippen LogP contribution in [0.25, 0.3) is 11.3 Å². The molecule has 30 heavy (non-hydrogen) atoms. The number of thiazole rings is 1. The van der Waals surface area contributed by atoms with E-state index in [2.05, 4.69) is 17.3 Å². The van der Waals surface area contributed by atoms with E-state index in [1.165, 1.54) is 37.8 Å². The Morgan fingerprint density at radius 1 is 1.23 bits per heavy atom. The molecule has 1 N–H and O–H groups in total. The first-order valence-electron chi connectivity index (χ1n) is 10.6. The lowest BCUT2D eigenvalue weighted by molar-refractivity contribution is -0.118. The molecule has 2 aliphatic rings. The van der Waals surface area contributed by atoms with Crippen molar-refractivity contribution in [2.75, 3.05) is 18.5 Å². The van der Waals surface area contributed by atoms with Gasteiger partial charge in [0.25, 0.3) is 5.91 Å². The van der Waals surface area contributed by atoms with Gasteiger partial charge in [0.2, 0.25) is 4.80 Å². The summed E-state index contributed by atoms with van der Waals surface area (Å²) in [5.74, 6) is 0.559. The molecular weight excluding hydrogens is 396 g/mol. The second-order valence-electron chi connectivity index (χ2n) is 7.97. The zero-order valence-electron chi connectivity index (χ0n) is 17.4. The molecule has 1 aliphatic heterocycles. The van der Waals surface area contributed by atoms with Gasteiger partial charge in [-0.25, -0.2) is 4.68 Å². The lowest BCUT2D eigenvalue weighted by atomic mass is 9.99. The first-order valence-corrected chi connectivity index (χ1v) is 11.5. The Kier molecular flexibility index (Phi) is 6.47. The normalized spacial score (nSPS) is 17.4. The van der Waals surface area contributed by atoms with Gasteiger partial charge in [-0.3, -0.25) is 9.79 Å². The van der Waals surface area contributed by atoms with E-state index in [1.807, 2.05) is 29.8 Å². The van der Waals surface area contributed by atoms with Gasteiger partial charge in [0, 0.05) is 16.7 Å². The first-order chi connectivity index (χ1) is 14.6. The Balaban J connectivity index is 1.76. The quantitative estimate of drug-likeness (QED) is 0.704. The minimum absolute atomic E-state index is 0.0579. The zero-order valence-corrected chi connectivity index (χ0v) is 18.3. The lowest BCUT2D eigenvalue weighted by Crippen LogP contribution is -2.25. The third kappa shape index (κ3) is 4.90. The summed E-state index contributed by atoms with van der Waals surface area (Å²) in [6.45, 7) is 6.59. The summed E-state index contributed by atoms with van der Waals surface area (Å²) in [7, 11) is 0. The zero-order chi connectivity index (χ0) is 20.9. The highest BCUT2D eigenvalue weighted by atomic mass is 32.1. The average molecular weight is 425 g/mol. The highest BCUT2D eigenvalue weighted by Gasteiger charge is 2.18. The number of fused-ring (bicyclic) bond motifs is 1.